The Morgan fingerprint density at radius 2 is 2.22 bits per heavy atom. The van der Waals surface area contributed by atoms with E-state index in [1.54, 1.807) is 12.5 Å². The number of hydrogen-bond donors (Lipinski definition) is 0. The van der Waals surface area contributed by atoms with Crippen LogP contribution in [-0.2, 0) is 16.0 Å². The highest BCUT2D eigenvalue weighted by atomic mass is 16.5. The smallest absolute Gasteiger partial charge is 0.305 e. The standard InChI is InChI=1S/C16H19N5O2/c1-23-16(22)4-2-3-13-5-7-14(8-6-13)15(11-19-20-17)21-10-9-18-12-21/h5-10,12,15H,2-4,11H2,1H3. The number of aromatic nitrogens is 2. The van der Waals surface area contributed by atoms with Crippen LogP contribution in [0.1, 0.15) is 30.0 Å². The zero-order chi connectivity index (χ0) is 16.5. The van der Waals surface area contributed by atoms with Gasteiger partial charge in [0.2, 0.25) is 0 Å². The molecule has 0 radical (unpaired) electrons. The Kier molecular flexibility index (Phi) is 6.20. The molecular weight excluding hydrogens is 294 g/mol. The van der Waals surface area contributed by atoms with Crippen LogP contribution in [0.2, 0.25) is 0 Å². The number of ether oxygens (including phenoxy) is 1. The molecule has 1 unspecified atom stereocenters. The predicted octanol–water partition coefficient (Wildman–Crippen LogP) is 3.28. The van der Waals surface area contributed by atoms with E-state index in [2.05, 4.69) is 19.7 Å². The average Bonchev–Trinajstić information content (AvgIpc) is 3.10. The number of imidazole rings is 1. The number of esters is 1. The largest absolute Gasteiger partial charge is 0.469 e. The molecule has 0 aliphatic carbocycles. The summed E-state index contributed by atoms with van der Waals surface area (Å²) in [5.74, 6) is -0.184. The average molecular weight is 313 g/mol. The summed E-state index contributed by atoms with van der Waals surface area (Å²) in [6, 6.07) is 8.03. The maximum Gasteiger partial charge on any atom is 0.305 e. The molecular formula is C16H19N5O2. The van der Waals surface area contributed by atoms with E-state index in [-0.39, 0.29) is 12.0 Å². The molecule has 1 aromatic heterocycles. The van der Waals surface area contributed by atoms with Crippen molar-refractivity contribution in [1.82, 2.24) is 9.55 Å². The lowest BCUT2D eigenvalue weighted by Crippen LogP contribution is -2.12. The highest BCUT2D eigenvalue weighted by Crippen LogP contribution is 2.20. The molecule has 7 nitrogen and oxygen atoms in total. The van der Waals surface area contributed by atoms with Crippen molar-refractivity contribution in [2.24, 2.45) is 5.11 Å². The van der Waals surface area contributed by atoms with Gasteiger partial charge in [0, 0.05) is 23.7 Å². The van der Waals surface area contributed by atoms with Crippen molar-refractivity contribution in [3.05, 3.63) is 64.6 Å². The van der Waals surface area contributed by atoms with Crippen LogP contribution >= 0.6 is 0 Å². The molecule has 1 atom stereocenters. The molecule has 0 spiro atoms. The predicted molar refractivity (Wildman–Crippen MR) is 85.8 cm³/mol. The zero-order valence-corrected chi connectivity index (χ0v) is 13.0. The molecule has 0 amide bonds. The summed E-state index contributed by atoms with van der Waals surface area (Å²) in [7, 11) is 1.40. The van der Waals surface area contributed by atoms with Crippen molar-refractivity contribution >= 4 is 5.97 Å². The maximum atomic E-state index is 11.1. The number of methoxy groups -OCH3 is 1. The number of rotatable bonds is 8. The molecule has 0 saturated heterocycles. The quantitative estimate of drug-likeness (QED) is 0.324. The van der Waals surface area contributed by atoms with E-state index >= 15 is 0 Å². The van der Waals surface area contributed by atoms with Crippen LogP contribution in [0.3, 0.4) is 0 Å². The fraction of sp³-hybridized carbons (Fsp3) is 0.375. The summed E-state index contributed by atoms with van der Waals surface area (Å²) in [4.78, 5) is 18.0. The van der Waals surface area contributed by atoms with E-state index in [1.807, 2.05) is 35.0 Å². The van der Waals surface area contributed by atoms with E-state index < -0.39 is 0 Å². The molecule has 7 heteroatoms. The van der Waals surface area contributed by atoms with Crippen LogP contribution in [0.25, 0.3) is 10.4 Å². The van der Waals surface area contributed by atoms with Gasteiger partial charge >= 0.3 is 5.97 Å². The highest BCUT2D eigenvalue weighted by molar-refractivity contribution is 5.69. The number of carbonyl (C=O) groups excluding carboxylic acids is 1. The third-order valence-corrected chi connectivity index (χ3v) is 3.64. The van der Waals surface area contributed by atoms with Gasteiger partial charge in [0.25, 0.3) is 0 Å². The van der Waals surface area contributed by atoms with Crippen LogP contribution in [0.5, 0.6) is 0 Å². The Bertz CT molecular complexity index is 660. The fourth-order valence-electron chi connectivity index (χ4n) is 2.38. The van der Waals surface area contributed by atoms with Crippen molar-refractivity contribution in [1.29, 1.82) is 0 Å². The highest BCUT2D eigenvalue weighted by Gasteiger charge is 2.12. The van der Waals surface area contributed by atoms with Crippen LogP contribution in [0, 0.1) is 0 Å². The molecule has 0 bridgehead atoms. The topological polar surface area (TPSA) is 92.9 Å². The first-order valence-electron chi connectivity index (χ1n) is 7.38. The minimum Gasteiger partial charge on any atom is -0.469 e. The Hall–Kier alpha value is -2.79. The molecule has 1 aromatic carbocycles. The van der Waals surface area contributed by atoms with Gasteiger partial charge in [0.15, 0.2) is 0 Å². The molecule has 2 rings (SSSR count). The molecule has 0 aliphatic rings. The normalized spacial score (nSPS) is 11.5. The van der Waals surface area contributed by atoms with Gasteiger partial charge in [0.05, 0.1) is 26.0 Å². The second-order valence-corrected chi connectivity index (χ2v) is 5.11. The zero-order valence-electron chi connectivity index (χ0n) is 13.0. The Morgan fingerprint density at radius 3 is 2.83 bits per heavy atom. The molecule has 1 heterocycles. The summed E-state index contributed by atoms with van der Waals surface area (Å²) in [6.45, 7) is 0.328. The third-order valence-electron chi connectivity index (χ3n) is 3.64. The number of carbonyl (C=O) groups is 1. The van der Waals surface area contributed by atoms with Crippen molar-refractivity contribution < 1.29 is 9.53 Å². The van der Waals surface area contributed by atoms with E-state index in [0.29, 0.717) is 13.0 Å². The second kappa shape index (κ2) is 8.60. The first kappa shape index (κ1) is 16.6. The Balaban J connectivity index is 2.03. The van der Waals surface area contributed by atoms with Crippen molar-refractivity contribution in [2.75, 3.05) is 13.7 Å². The number of nitrogens with zero attached hydrogens (tertiary/aromatic N) is 5. The number of hydrogen-bond acceptors (Lipinski definition) is 4. The first-order chi connectivity index (χ1) is 11.2. The number of azide groups is 1. The van der Waals surface area contributed by atoms with E-state index in [9.17, 15) is 4.79 Å². The summed E-state index contributed by atoms with van der Waals surface area (Å²) >= 11 is 0. The van der Waals surface area contributed by atoms with Crippen molar-refractivity contribution in [3.8, 4) is 0 Å². The van der Waals surface area contributed by atoms with Gasteiger partial charge in [-0.05, 0) is 29.5 Å². The maximum absolute atomic E-state index is 11.1. The molecule has 2 aromatic rings. The van der Waals surface area contributed by atoms with E-state index in [1.165, 1.54) is 7.11 Å². The van der Waals surface area contributed by atoms with Crippen LogP contribution in [0.4, 0.5) is 0 Å². The molecule has 120 valence electrons. The minimum atomic E-state index is -0.184. The van der Waals surface area contributed by atoms with Gasteiger partial charge < -0.3 is 9.30 Å². The second-order valence-electron chi connectivity index (χ2n) is 5.11. The third kappa shape index (κ3) is 4.86. The molecule has 0 aliphatic heterocycles. The minimum absolute atomic E-state index is 0.0717. The van der Waals surface area contributed by atoms with Gasteiger partial charge in [-0.15, -0.1) is 0 Å². The van der Waals surface area contributed by atoms with Crippen LogP contribution in [0.15, 0.2) is 48.1 Å². The van der Waals surface area contributed by atoms with Crippen molar-refractivity contribution in [2.45, 2.75) is 25.3 Å². The van der Waals surface area contributed by atoms with E-state index in [4.69, 9.17) is 5.53 Å². The monoisotopic (exact) mass is 313 g/mol. The summed E-state index contributed by atoms with van der Waals surface area (Å²) < 4.78 is 6.55. The summed E-state index contributed by atoms with van der Waals surface area (Å²) in [5, 5.41) is 3.69. The van der Waals surface area contributed by atoms with Gasteiger partial charge in [-0.2, -0.15) is 0 Å². The van der Waals surface area contributed by atoms with Gasteiger partial charge in [-0.3, -0.25) is 4.79 Å². The lowest BCUT2D eigenvalue weighted by Gasteiger charge is -2.17. The van der Waals surface area contributed by atoms with Crippen LogP contribution < -0.4 is 0 Å². The fourth-order valence-corrected chi connectivity index (χ4v) is 2.38. The molecule has 23 heavy (non-hydrogen) atoms. The van der Waals surface area contributed by atoms with Crippen LogP contribution in [-0.4, -0.2) is 29.2 Å². The lowest BCUT2D eigenvalue weighted by atomic mass is 10.0. The number of benzene rings is 1. The van der Waals surface area contributed by atoms with Crippen molar-refractivity contribution in [3.63, 3.8) is 0 Å². The Labute approximate surface area is 134 Å². The summed E-state index contributed by atoms with van der Waals surface area (Å²) in [5.41, 5.74) is 10.8. The number of aryl methyl sites for hydroxylation is 1. The van der Waals surface area contributed by atoms with Gasteiger partial charge in [0.1, 0.15) is 0 Å². The van der Waals surface area contributed by atoms with Gasteiger partial charge in [-0.1, -0.05) is 29.4 Å². The first-order valence-corrected chi connectivity index (χ1v) is 7.38. The molecule has 0 saturated carbocycles. The lowest BCUT2D eigenvalue weighted by molar-refractivity contribution is -0.140. The Morgan fingerprint density at radius 1 is 1.43 bits per heavy atom. The van der Waals surface area contributed by atoms with Gasteiger partial charge in [-0.25, -0.2) is 4.98 Å². The SMILES string of the molecule is COC(=O)CCCc1ccc(C(CN=[N+]=[N-])n2ccnc2)cc1. The van der Waals surface area contributed by atoms with E-state index in [0.717, 1.165) is 24.0 Å². The summed E-state index contributed by atoms with van der Waals surface area (Å²) in [6.07, 6.45) is 7.26. The molecule has 0 N–H and O–H groups in total. The molecule has 0 fully saturated rings.